The van der Waals surface area contributed by atoms with Gasteiger partial charge < -0.3 is 40.4 Å². The number of ether oxygens (including phenoxy) is 3. The largest absolute Gasteiger partial charge is 0.417 e. The lowest BCUT2D eigenvalue weighted by Gasteiger charge is -2.25. The van der Waals surface area contributed by atoms with E-state index in [-0.39, 0.29) is 42.1 Å². The molecule has 2 aliphatic heterocycles. The van der Waals surface area contributed by atoms with Crippen molar-refractivity contribution in [1.29, 1.82) is 0 Å². The summed E-state index contributed by atoms with van der Waals surface area (Å²) in [6, 6.07) is 6.76. The van der Waals surface area contributed by atoms with Crippen LogP contribution in [0.2, 0.25) is 0 Å². The fraction of sp³-hybridized carbons (Fsp3) is 0.595. The molecule has 0 saturated carbocycles. The van der Waals surface area contributed by atoms with Crippen LogP contribution < -0.4 is 26.0 Å². The Morgan fingerprint density at radius 2 is 1.53 bits per heavy atom. The van der Waals surface area contributed by atoms with Crippen LogP contribution in [0, 0.1) is 11.8 Å². The first kappa shape index (κ1) is 41.3. The highest BCUT2D eigenvalue weighted by Gasteiger charge is 2.50. The number of ketones is 1. The van der Waals surface area contributed by atoms with Crippen molar-refractivity contribution < 1.29 is 43.0 Å². The van der Waals surface area contributed by atoms with Crippen molar-refractivity contribution >= 4 is 46.8 Å². The van der Waals surface area contributed by atoms with Gasteiger partial charge in [0.1, 0.15) is 17.7 Å². The minimum Gasteiger partial charge on any atom is -0.381 e. The third-order valence-corrected chi connectivity index (χ3v) is 9.62. The number of hydrogen-bond donors (Lipinski definition) is 4. The Morgan fingerprint density at radius 3 is 2.17 bits per heavy atom. The predicted molar refractivity (Wildman–Crippen MR) is 196 cm³/mol. The van der Waals surface area contributed by atoms with Crippen LogP contribution in [-0.4, -0.2) is 109 Å². The Morgan fingerprint density at radius 1 is 0.887 bits per heavy atom. The maximum absolute atomic E-state index is 13.8. The minimum atomic E-state index is -0.997. The first-order valence-electron chi connectivity index (χ1n) is 18.1. The zero-order valence-corrected chi connectivity index (χ0v) is 31.9. The summed E-state index contributed by atoms with van der Waals surface area (Å²) in [5.41, 5.74) is 0.0595. The molecule has 16 heteroatoms. The molecule has 3 heterocycles. The number of nitrogens with zero attached hydrogens (tertiary/aromatic N) is 2. The molecule has 0 bridgehead atoms. The summed E-state index contributed by atoms with van der Waals surface area (Å²) < 4.78 is 15.9. The molecule has 0 radical (unpaired) electrons. The molecule has 4 N–H and O–H groups in total. The Balaban J connectivity index is 1.37. The molecule has 0 aliphatic carbocycles. The Bertz CT molecular complexity index is 1570. The van der Waals surface area contributed by atoms with Crippen molar-refractivity contribution in [1.82, 2.24) is 31.2 Å². The number of nitrogens with one attached hydrogen (secondary N) is 4. The molecule has 15 nitrogen and oxygen atoms in total. The van der Waals surface area contributed by atoms with Crippen LogP contribution in [0.1, 0.15) is 64.3 Å². The number of aryl methyl sites for hydroxylation is 1. The van der Waals surface area contributed by atoms with E-state index in [1.807, 2.05) is 58.0 Å². The van der Waals surface area contributed by atoms with Crippen LogP contribution in [-0.2, 0) is 46.3 Å². The van der Waals surface area contributed by atoms with Gasteiger partial charge in [-0.1, -0.05) is 69.4 Å². The molecule has 290 valence electrons. The summed E-state index contributed by atoms with van der Waals surface area (Å²) >= 11 is 1.06. The van der Waals surface area contributed by atoms with Gasteiger partial charge in [-0.2, -0.15) is 0 Å². The van der Waals surface area contributed by atoms with Gasteiger partial charge in [0.2, 0.25) is 23.6 Å². The van der Waals surface area contributed by atoms with Crippen LogP contribution in [0.25, 0.3) is 0 Å². The van der Waals surface area contributed by atoms with Crippen molar-refractivity contribution in [2.45, 2.75) is 90.4 Å². The molecule has 5 amide bonds. The van der Waals surface area contributed by atoms with Crippen LogP contribution in [0.15, 0.2) is 36.5 Å². The highest BCUT2D eigenvalue weighted by molar-refractivity contribution is 7.13. The minimum absolute atomic E-state index is 0.00226. The summed E-state index contributed by atoms with van der Waals surface area (Å²) in [6.45, 7) is 11.0. The number of thiazole rings is 1. The summed E-state index contributed by atoms with van der Waals surface area (Å²) in [5, 5.41) is 11.1. The van der Waals surface area contributed by atoms with Gasteiger partial charge >= 0.3 is 6.09 Å². The number of amides is 5. The van der Waals surface area contributed by atoms with E-state index < -0.39 is 60.0 Å². The number of carbonyl (C=O) groups is 6. The number of aromatic nitrogens is 1. The second-order valence-corrected chi connectivity index (χ2v) is 15.5. The molecule has 53 heavy (non-hydrogen) atoms. The average Bonchev–Trinajstić information content (AvgIpc) is 3.73. The Kier molecular flexibility index (Phi) is 15.3. The molecule has 2 aromatic rings. The molecule has 2 fully saturated rings. The van der Waals surface area contributed by atoms with Gasteiger partial charge in [-0.3, -0.25) is 24.0 Å². The highest BCUT2D eigenvalue weighted by Crippen LogP contribution is 2.29. The molecule has 4 atom stereocenters. The van der Waals surface area contributed by atoms with E-state index in [4.69, 9.17) is 14.2 Å². The molecule has 0 spiro atoms. The van der Waals surface area contributed by atoms with Gasteiger partial charge in [0.05, 0.1) is 38.8 Å². The van der Waals surface area contributed by atoms with E-state index in [1.165, 1.54) is 11.1 Å². The molecule has 1 aromatic heterocycles. The van der Waals surface area contributed by atoms with E-state index in [1.54, 1.807) is 6.92 Å². The molecule has 4 unspecified atom stereocenters. The molecule has 2 aliphatic rings. The lowest BCUT2D eigenvalue weighted by Crippen LogP contribution is -2.55. The van der Waals surface area contributed by atoms with Crippen LogP contribution >= 0.6 is 11.3 Å². The second-order valence-electron chi connectivity index (χ2n) is 14.4. The fourth-order valence-corrected chi connectivity index (χ4v) is 6.52. The quantitative estimate of drug-likeness (QED) is 0.154. The first-order valence-corrected chi connectivity index (χ1v) is 18.9. The van der Waals surface area contributed by atoms with Crippen molar-refractivity contribution in [3.05, 3.63) is 47.0 Å². The van der Waals surface area contributed by atoms with Gasteiger partial charge in [-0.25, -0.2) is 9.78 Å². The second kappa shape index (κ2) is 19.6. The molecule has 1 aromatic carbocycles. The number of epoxide rings is 1. The van der Waals surface area contributed by atoms with E-state index >= 15 is 0 Å². The Hall–Kier alpha value is -4.41. The number of carbonyl (C=O) groups excluding carboxylic acids is 6. The third kappa shape index (κ3) is 13.5. The van der Waals surface area contributed by atoms with Gasteiger partial charge in [0, 0.05) is 24.2 Å². The first-order chi connectivity index (χ1) is 25.2. The zero-order chi connectivity index (χ0) is 38.5. The van der Waals surface area contributed by atoms with Gasteiger partial charge in [-0.05, 0) is 50.0 Å². The van der Waals surface area contributed by atoms with Crippen LogP contribution in [0.3, 0.4) is 0 Å². The van der Waals surface area contributed by atoms with Gasteiger partial charge in [0.15, 0.2) is 5.78 Å². The topological polar surface area (TPSA) is 198 Å². The van der Waals surface area contributed by atoms with E-state index in [9.17, 15) is 28.8 Å². The normalized spacial score (nSPS) is 18.4. The summed E-state index contributed by atoms with van der Waals surface area (Å²) in [6.07, 6.45) is 2.22. The number of Topliss-reactive ketones (excluding diaryl/α,β-unsaturated/α-hetero) is 1. The smallest absolute Gasteiger partial charge is 0.381 e. The maximum atomic E-state index is 13.8. The van der Waals surface area contributed by atoms with E-state index in [0.717, 1.165) is 16.9 Å². The number of morpholine rings is 1. The lowest BCUT2D eigenvalue weighted by molar-refractivity contribution is -0.133. The molecule has 4 rings (SSSR count). The average molecular weight is 757 g/mol. The predicted octanol–water partition coefficient (Wildman–Crippen LogP) is 2.17. The number of benzene rings is 1. The summed E-state index contributed by atoms with van der Waals surface area (Å²) in [7, 11) is 0. The lowest BCUT2D eigenvalue weighted by atomic mass is 9.93. The van der Waals surface area contributed by atoms with Crippen molar-refractivity contribution in [3.8, 4) is 5.19 Å². The molecular formula is C37H52N6O9S. The van der Waals surface area contributed by atoms with Crippen LogP contribution in [0.4, 0.5) is 4.79 Å². The SMILES string of the molecule is CC(C)CC(NC(=O)C(CCc1ccccc1)NC(=O)Cc1cnc(OC(=O)N2CCOCC2)s1)C(=O)NCC(=O)NC(CC(C)C)C(=O)C1(C)CO1. The monoisotopic (exact) mass is 756 g/mol. The number of rotatable bonds is 19. The fourth-order valence-electron chi connectivity index (χ4n) is 5.76. The third-order valence-electron chi connectivity index (χ3n) is 8.75. The van der Waals surface area contributed by atoms with Gasteiger partial charge in [-0.15, -0.1) is 0 Å². The van der Waals surface area contributed by atoms with Crippen molar-refractivity contribution in [3.63, 3.8) is 0 Å². The maximum Gasteiger partial charge on any atom is 0.417 e. The van der Waals surface area contributed by atoms with E-state index in [2.05, 4.69) is 26.3 Å². The molecule has 2 saturated heterocycles. The summed E-state index contributed by atoms with van der Waals surface area (Å²) in [5.74, 6) is -2.18. The van der Waals surface area contributed by atoms with Crippen LogP contribution in [0.5, 0.6) is 5.19 Å². The van der Waals surface area contributed by atoms with Crippen molar-refractivity contribution in [2.24, 2.45) is 11.8 Å². The van der Waals surface area contributed by atoms with E-state index in [0.29, 0.717) is 50.6 Å². The standard InChI is InChI=1S/C37H52N6O9S/c1-23(2)17-28(32(46)37(5)22-51-37)41-31(45)21-38-33(47)29(18-24(3)4)42-34(48)27(12-11-25-9-7-6-8-10-25)40-30(44)19-26-20-39-35(53-26)52-36(49)43-13-15-50-16-14-43/h6-10,20,23-24,27-29H,11-19,21-22H2,1-5H3,(H,38,47)(H,40,44)(H,41,45)(H,42,48). The molecular weight excluding hydrogens is 705 g/mol. The highest BCUT2D eigenvalue weighted by atomic mass is 32.1. The van der Waals surface area contributed by atoms with Crippen molar-refractivity contribution in [2.75, 3.05) is 39.5 Å². The zero-order valence-electron chi connectivity index (χ0n) is 31.1. The van der Waals surface area contributed by atoms with Gasteiger partial charge in [0.25, 0.3) is 5.19 Å². The summed E-state index contributed by atoms with van der Waals surface area (Å²) in [4.78, 5) is 84.9. The number of hydrogen-bond acceptors (Lipinski definition) is 11. The Labute approximate surface area is 314 Å².